The molecule has 2 rings (SSSR count). The standard InChI is InChI=1S/C15H26N4/c1-5-12-9-14(17-11-16-12)19-8-6-7-13(19)10-18-15(2,3)4/h9,11,13,18H,5-8,10H2,1-4H3. The molecule has 1 aliphatic heterocycles. The normalized spacial score (nSPS) is 20.0. The van der Waals surface area contributed by atoms with Gasteiger partial charge in [0.05, 0.1) is 0 Å². The predicted molar refractivity (Wildman–Crippen MR) is 79.5 cm³/mol. The summed E-state index contributed by atoms with van der Waals surface area (Å²) in [5.74, 6) is 1.09. The number of nitrogens with one attached hydrogen (secondary N) is 1. The first-order chi connectivity index (χ1) is 8.99. The van der Waals surface area contributed by atoms with Gasteiger partial charge in [-0.1, -0.05) is 6.92 Å². The van der Waals surface area contributed by atoms with Gasteiger partial charge in [0.1, 0.15) is 12.1 Å². The Kier molecular flexibility index (Phi) is 4.40. The minimum Gasteiger partial charge on any atom is -0.352 e. The van der Waals surface area contributed by atoms with Gasteiger partial charge in [-0.15, -0.1) is 0 Å². The van der Waals surface area contributed by atoms with Crippen molar-refractivity contribution in [2.24, 2.45) is 0 Å². The lowest BCUT2D eigenvalue weighted by Gasteiger charge is -2.29. The fourth-order valence-electron chi connectivity index (χ4n) is 2.51. The van der Waals surface area contributed by atoms with Gasteiger partial charge in [-0.2, -0.15) is 0 Å². The van der Waals surface area contributed by atoms with Crippen molar-refractivity contribution in [2.45, 2.75) is 58.5 Å². The molecule has 1 saturated heterocycles. The fourth-order valence-corrected chi connectivity index (χ4v) is 2.51. The average Bonchev–Trinajstić information content (AvgIpc) is 2.84. The zero-order valence-corrected chi connectivity index (χ0v) is 12.6. The molecular formula is C15H26N4. The molecule has 0 radical (unpaired) electrons. The minimum atomic E-state index is 0.175. The van der Waals surface area contributed by atoms with Gasteiger partial charge in [0.15, 0.2) is 0 Å². The average molecular weight is 262 g/mol. The van der Waals surface area contributed by atoms with Crippen molar-refractivity contribution in [2.75, 3.05) is 18.0 Å². The molecule has 2 heterocycles. The molecule has 0 aliphatic carbocycles. The Morgan fingerprint density at radius 2 is 2.16 bits per heavy atom. The second-order valence-corrected chi connectivity index (χ2v) is 6.34. The summed E-state index contributed by atoms with van der Waals surface area (Å²) in [4.78, 5) is 11.2. The largest absolute Gasteiger partial charge is 0.352 e. The summed E-state index contributed by atoms with van der Waals surface area (Å²) in [6.45, 7) is 10.9. The third kappa shape index (κ3) is 3.90. The van der Waals surface area contributed by atoms with Gasteiger partial charge in [0.2, 0.25) is 0 Å². The van der Waals surface area contributed by atoms with Crippen LogP contribution in [0.15, 0.2) is 12.4 Å². The molecule has 0 spiro atoms. The van der Waals surface area contributed by atoms with E-state index in [0.717, 1.165) is 31.0 Å². The van der Waals surface area contributed by atoms with Gasteiger partial charge in [0.25, 0.3) is 0 Å². The van der Waals surface area contributed by atoms with Crippen LogP contribution in [0, 0.1) is 0 Å². The lowest BCUT2D eigenvalue weighted by molar-refractivity contribution is 0.404. The highest BCUT2D eigenvalue weighted by Gasteiger charge is 2.26. The molecule has 4 heteroatoms. The smallest absolute Gasteiger partial charge is 0.132 e. The van der Waals surface area contributed by atoms with Crippen LogP contribution in [0.4, 0.5) is 5.82 Å². The maximum Gasteiger partial charge on any atom is 0.132 e. The summed E-state index contributed by atoms with van der Waals surface area (Å²) >= 11 is 0. The van der Waals surface area contributed by atoms with Gasteiger partial charge >= 0.3 is 0 Å². The summed E-state index contributed by atoms with van der Waals surface area (Å²) in [5.41, 5.74) is 1.30. The van der Waals surface area contributed by atoms with Crippen molar-refractivity contribution >= 4 is 5.82 Å². The molecule has 0 bridgehead atoms. The first-order valence-electron chi connectivity index (χ1n) is 7.32. The quantitative estimate of drug-likeness (QED) is 0.904. The molecule has 4 nitrogen and oxygen atoms in total. The van der Waals surface area contributed by atoms with Gasteiger partial charge in [-0.05, 0) is 40.0 Å². The molecule has 19 heavy (non-hydrogen) atoms. The Bertz CT molecular complexity index is 411. The second-order valence-electron chi connectivity index (χ2n) is 6.34. The molecule has 0 amide bonds. The van der Waals surface area contributed by atoms with Crippen LogP contribution >= 0.6 is 0 Å². The molecule has 1 aromatic heterocycles. The molecule has 1 fully saturated rings. The molecular weight excluding hydrogens is 236 g/mol. The van der Waals surface area contributed by atoms with Gasteiger partial charge in [0, 0.05) is 36.4 Å². The van der Waals surface area contributed by atoms with Gasteiger partial charge < -0.3 is 10.2 Å². The summed E-state index contributed by atoms with van der Waals surface area (Å²) in [5, 5.41) is 3.61. The first kappa shape index (κ1) is 14.3. The number of aromatic nitrogens is 2. The highest BCUT2D eigenvalue weighted by atomic mass is 15.2. The van der Waals surface area contributed by atoms with Crippen LogP contribution in [0.5, 0.6) is 0 Å². The number of hydrogen-bond donors (Lipinski definition) is 1. The summed E-state index contributed by atoms with van der Waals surface area (Å²) in [7, 11) is 0. The second kappa shape index (κ2) is 5.87. The van der Waals surface area contributed by atoms with Crippen LogP contribution in [-0.2, 0) is 6.42 Å². The van der Waals surface area contributed by atoms with Crippen molar-refractivity contribution in [1.29, 1.82) is 0 Å². The molecule has 1 aromatic rings. The molecule has 1 N–H and O–H groups in total. The third-order valence-corrected chi connectivity index (χ3v) is 3.61. The van der Waals surface area contributed by atoms with Crippen LogP contribution < -0.4 is 10.2 Å². The zero-order chi connectivity index (χ0) is 13.9. The van der Waals surface area contributed by atoms with Gasteiger partial charge in [-0.25, -0.2) is 9.97 Å². The number of rotatable bonds is 4. The molecule has 106 valence electrons. The molecule has 1 aliphatic rings. The van der Waals surface area contributed by atoms with Crippen molar-refractivity contribution < 1.29 is 0 Å². The van der Waals surface area contributed by atoms with Crippen LogP contribution in [0.2, 0.25) is 0 Å². The molecule has 0 aromatic carbocycles. The van der Waals surface area contributed by atoms with Crippen LogP contribution in [0.25, 0.3) is 0 Å². The Hall–Kier alpha value is -1.16. The molecule has 0 saturated carbocycles. The molecule has 1 unspecified atom stereocenters. The van der Waals surface area contributed by atoms with E-state index < -0.39 is 0 Å². The highest BCUT2D eigenvalue weighted by molar-refractivity contribution is 5.41. The van der Waals surface area contributed by atoms with E-state index in [1.54, 1.807) is 6.33 Å². The monoisotopic (exact) mass is 262 g/mol. The number of anilines is 1. The van der Waals surface area contributed by atoms with Crippen molar-refractivity contribution in [1.82, 2.24) is 15.3 Å². The van der Waals surface area contributed by atoms with Crippen molar-refractivity contribution in [3.05, 3.63) is 18.1 Å². The van der Waals surface area contributed by atoms with Crippen molar-refractivity contribution in [3.63, 3.8) is 0 Å². The van der Waals surface area contributed by atoms with Crippen LogP contribution in [0.3, 0.4) is 0 Å². The minimum absolute atomic E-state index is 0.175. The Morgan fingerprint density at radius 3 is 2.84 bits per heavy atom. The van der Waals surface area contributed by atoms with E-state index in [1.807, 2.05) is 0 Å². The van der Waals surface area contributed by atoms with Gasteiger partial charge in [-0.3, -0.25) is 0 Å². The number of hydrogen-bond acceptors (Lipinski definition) is 4. The Morgan fingerprint density at radius 1 is 1.37 bits per heavy atom. The van der Waals surface area contributed by atoms with E-state index in [2.05, 4.69) is 53.9 Å². The van der Waals surface area contributed by atoms with Crippen molar-refractivity contribution in [3.8, 4) is 0 Å². The third-order valence-electron chi connectivity index (χ3n) is 3.61. The summed E-state index contributed by atoms with van der Waals surface area (Å²) in [6, 6.07) is 2.69. The van der Waals surface area contributed by atoms with Crippen LogP contribution in [0.1, 0.15) is 46.2 Å². The maximum absolute atomic E-state index is 4.45. The lowest BCUT2D eigenvalue weighted by Crippen LogP contribution is -2.45. The summed E-state index contributed by atoms with van der Waals surface area (Å²) in [6.07, 6.45) is 5.16. The number of aryl methyl sites for hydroxylation is 1. The van der Waals surface area contributed by atoms with E-state index in [1.165, 1.54) is 12.8 Å². The first-order valence-corrected chi connectivity index (χ1v) is 7.32. The lowest BCUT2D eigenvalue weighted by atomic mass is 10.1. The predicted octanol–water partition coefficient (Wildman–Crippen LogP) is 2.40. The van der Waals surface area contributed by atoms with E-state index in [-0.39, 0.29) is 5.54 Å². The fraction of sp³-hybridized carbons (Fsp3) is 0.733. The SMILES string of the molecule is CCc1cc(N2CCCC2CNC(C)(C)C)ncn1. The van der Waals surface area contributed by atoms with Crippen LogP contribution in [-0.4, -0.2) is 34.6 Å². The Labute approximate surface area is 116 Å². The zero-order valence-electron chi connectivity index (χ0n) is 12.6. The Balaban J connectivity index is 2.05. The summed E-state index contributed by atoms with van der Waals surface area (Å²) < 4.78 is 0. The maximum atomic E-state index is 4.45. The topological polar surface area (TPSA) is 41.0 Å². The number of nitrogens with zero attached hydrogens (tertiary/aromatic N) is 3. The highest BCUT2D eigenvalue weighted by Crippen LogP contribution is 2.24. The van der Waals surface area contributed by atoms with E-state index in [4.69, 9.17) is 0 Å². The molecule has 1 atom stereocenters. The van der Waals surface area contributed by atoms with E-state index >= 15 is 0 Å². The van der Waals surface area contributed by atoms with E-state index in [9.17, 15) is 0 Å². The van der Waals surface area contributed by atoms with E-state index in [0.29, 0.717) is 6.04 Å².